The van der Waals surface area contributed by atoms with Crippen LogP contribution in [-0.4, -0.2) is 4.98 Å². The molecular formula is C12H7ClF3NO. The third-order valence-corrected chi connectivity index (χ3v) is 2.34. The van der Waals surface area contributed by atoms with Crippen LogP contribution in [0.15, 0.2) is 42.6 Å². The summed E-state index contributed by atoms with van der Waals surface area (Å²) in [4.78, 5) is 3.73. The quantitative estimate of drug-likeness (QED) is 0.749. The zero-order chi connectivity index (χ0) is 13.2. The number of benzene rings is 1. The third kappa shape index (κ3) is 2.92. The molecule has 2 rings (SSSR count). The maximum absolute atomic E-state index is 12.7. The van der Waals surface area contributed by atoms with E-state index < -0.39 is 11.7 Å². The molecule has 0 radical (unpaired) electrons. The molecule has 0 saturated heterocycles. The third-order valence-electron chi connectivity index (χ3n) is 2.12. The number of hydrogen-bond donors (Lipinski definition) is 0. The largest absolute Gasteiger partial charge is 0.455 e. The lowest BCUT2D eigenvalue weighted by molar-refractivity contribution is -0.138. The van der Waals surface area contributed by atoms with Crippen molar-refractivity contribution in [2.75, 3.05) is 0 Å². The number of hydrogen-bond acceptors (Lipinski definition) is 2. The summed E-state index contributed by atoms with van der Waals surface area (Å²) in [6.45, 7) is 0. The van der Waals surface area contributed by atoms with Crippen LogP contribution >= 0.6 is 11.6 Å². The highest BCUT2D eigenvalue weighted by Gasteiger charge is 2.34. The second-order valence-electron chi connectivity index (χ2n) is 3.41. The second-order valence-corrected chi connectivity index (χ2v) is 3.80. The van der Waals surface area contributed by atoms with Crippen molar-refractivity contribution >= 4 is 11.6 Å². The van der Waals surface area contributed by atoms with Crippen molar-refractivity contribution in [1.29, 1.82) is 0 Å². The van der Waals surface area contributed by atoms with Gasteiger partial charge in [0.25, 0.3) is 0 Å². The number of pyridine rings is 1. The van der Waals surface area contributed by atoms with Crippen LogP contribution in [-0.2, 0) is 6.18 Å². The van der Waals surface area contributed by atoms with E-state index in [1.165, 1.54) is 36.5 Å². The maximum atomic E-state index is 12.7. The smallest absolute Gasteiger partial charge is 0.419 e. The van der Waals surface area contributed by atoms with E-state index in [2.05, 4.69) is 4.98 Å². The van der Waals surface area contributed by atoms with Gasteiger partial charge < -0.3 is 4.74 Å². The van der Waals surface area contributed by atoms with E-state index >= 15 is 0 Å². The number of alkyl halides is 3. The predicted molar refractivity (Wildman–Crippen MR) is 60.8 cm³/mol. The Kier molecular flexibility index (Phi) is 3.43. The minimum absolute atomic E-state index is 0.191. The van der Waals surface area contributed by atoms with Crippen LogP contribution in [0.25, 0.3) is 0 Å². The van der Waals surface area contributed by atoms with Crippen LogP contribution in [0.2, 0.25) is 5.15 Å². The van der Waals surface area contributed by atoms with Gasteiger partial charge in [-0.25, -0.2) is 4.98 Å². The molecule has 18 heavy (non-hydrogen) atoms. The van der Waals surface area contributed by atoms with Crippen molar-refractivity contribution in [2.24, 2.45) is 0 Å². The van der Waals surface area contributed by atoms with Crippen molar-refractivity contribution < 1.29 is 17.9 Å². The average molecular weight is 274 g/mol. The Bertz CT molecular complexity index is 540. The molecule has 0 amide bonds. The zero-order valence-corrected chi connectivity index (χ0v) is 9.66. The number of halogens is 4. The molecule has 0 bridgehead atoms. The van der Waals surface area contributed by atoms with E-state index in [-0.39, 0.29) is 16.7 Å². The number of ether oxygens (including phenoxy) is 1. The van der Waals surface area contributed by atoms with Gasteiger partial charge >= 0.3 is 6.18 Å². The molecule has 0 saturated carbocycles. The number of para-hydroxylation sites is 1. The lowest BCUT2D eigenvalue weighted by atomic mass is 10.2. The summed E-state index contributed by atoms with van der Waals surface area (Å²) < 4.78 is 43.2. The molecule has 1 aromatic heterocycles. The van der Waals surface area contributed by atoms with Crippen molar-refractivity contribution in [3.8, 4) is 11.5 Å². The van der Waals surface area contributed by atoms with Gasteiger partial charge in [0.1, 0.15) is 16.7 Å². The van der Waals surface area contributed by atoms with E-state index in [1.54, 1.807) is 0 Å². The van der Waals surface area contributed by atoms with Gasteiger partial charge in [-0.1, -0.05) is 23.7 Å². The van der Waals surface area contributed by atoms with Crippen molar-refractivity contribution in [1.82, 2.24) is 4.98 Å². The Morgan fingerprint density at radius 2 is 1.78 bits per heavy atom. The summed E-state index contributed by atoms with van der Waals surface area (Å²) in [5.74, 6) is -0.0785. The minimum Gasteiger partial charge on any atom is -0.455 e. The topological polar surface area (TPSA) is 22.1 Å². The summed E-state index contributed by atoms with van der Waals surface area (Å²) >= 11 is 5.57. The van der Waals surface area contributed by atoms with Gasteiger partial charge in [0, 0.05) is 0 Å². The average Bonchev–Trinajstić information content (AvgIpc) is 2.31. The van der Waals surface area contributed by atoms with Gasteiger partial charge in [0.2, 0.25) is 0 Å². The van der Waals surface area contributed by atoms with Gasteiger partial charge in [-0.15, -0.1) is 0 Å². The highest BCUT2D eigenvalue weighted by atomic mass is 35.5. The van der Waals surface area contributed by atoms with E-state index in [1.807, 2.05) is 0 Å². The van der Waals surface area contributed by atoms with E-state index in [9.17, 15) is 13.2 Å². The molecule has 6 heteroatoms. The molecular weight excluding hydrogens is 267 g/mol. The first-order chi connectivity index (χ1) is 8.47. The van der Waals surface area contributed by atoms with Crippen LogP contribution in [0, 0.1) is 0 Å². The molecule has 1 heterocycles. The molecule has 2 nitrogen and oxygen atoms in total. The first-order valence-electron chi connectivity index (χ1n) is 4.92. The zero-order valence-electron chi connectivity index (χ0n) is 8.91. The molecule has 0 N–H and O–H groups in total. The SMILES string of the molecule is FC(F)(F)c1ccccc1Oc1ccc(Cl)nc1. The monoisotopic (exact) mass is 273 g/mol. The Labute approximate surface area is 106 Å². The van der Waals surface area contributed by atoms with E-state index in [0.29, 0.717) is 0 Å². The normalized spacial score (nSPS) is 11.3. The van der Waals surface area contributed by atoms with Crippen molar-refractivity contribution in [3.63, 3.8) is 0 Å². The molecule has 2 aromatic rings. The molecule has 0 aliphatic heterocycles. The molecule has 0 unspecified atom stereocenters. The first-order valence-corrected chi connectivity index (χ1v) is 5.30. The van der Waals surface area contributed by atoms with Crippen LogP contribution in [0.3, 0.4) is 0 Å². The maximum Gasteiger partial charge on any atom is 0.419 e. The van der Waals surface area contributed by atoms with Gasteiger partial charge in [-0.05, 0) is 24.3 Å². The summed E-state index contributed by atoms with van der Waals surface area (Å²) in [7, 11) is 0. The van der Waals surface area contributed by atoms with E-state index in [0.717, 1.165) is 6.07 Å². The second kappa shape index (κ2) is 4.86. The van der Waals surface area contributed by atoms with Crippen LogP contribution in [0.4, 0.5) is 13.2 Å². The van der Waals surface area contributed by atoms with Gasteiger partial charge in [0.05, 0.1) is 11.8 Å². The lowest BCUT2D eigenvalue weighted by Crippen LogP contribution is -2.06. The summed E-state index contributed by atoms with van der Waals surface area (Å²) in [6, 6.07) is 7.86. The summed E-state index contributed by atoms with van der Waals surface area (Å²) in [6.07, 6.45) is -3.20. The number of aromatic nitrogens is 1. The van der Waals surface area contributed by atoms with Crippen molar-refractivity contribution in [3.05, 3.63) is 53.3 Å². The predicted octanol–water partition coefficient (Wildman–Crippen LogP) is 4.55. The standard InChI is InChI=1S/C12H7ClF3NO/c13-11-6-5-8(7-17-11)18-10-4-2-1-3-9(10)12(14,15)16/h1-7H. The first kappa shape index (κ1) is 12.7. The summed E-state index contributed by atoms with van der Waals surface area (Å²) in [5.41, 5.74) is -0.833. The highest BCUT2D eigenvalue weighted by molar-refractivity contribution is 6.29. The molecule has 0 aliphatic carbocycles. The number of rotatable bonds is 2. The van der Waals surface area contributed by atoms with Crippen LogP contribution in [0.1, 0.15) is 5.56 Å². The molecule has 0 fully saturated rings. The summed E-state index contributed by atoms with van der Waals surface area (Å²) in [5, 5.41) is 0.242. The van der Waals surface area contributed by atoms with Gasteiger partial charge in [-0.2, -0.15) is 13.2 Å². The fraction of sp³-hybridized carbons (Fsp3) is 0.0833. The lowest BCUT2D eigenvalue weighted by Gasteiger charge is -2.13. The Balaban J connectivity index is 2.32. The molecule has 1 aromatic carbocycles. The highest BCUT2D eigenvalue weighted by Crippen LogP contribution is 2.37. The Morgan fingerprint density at radius 1 is 1.06 bits per heavy atom. The Hall–Kier alpha value is -1.75. The number of nitrogens with zero attached hydrogens (tertiary/aromatic N) is 1. The van der Waals surface area contributed by atoms with Crippen LogP contribution < -0.4 is 4.74 Å². The van der Waals surface area contributed by atoms with Crippen molar-refractivity contribution in [2.45, 2.75) is 6.18 Å². The van der Waals surface area contributed by atoms with Gasteiger partial charge in [0.15, 0.2) is 0 Å². The van der Waals surface area contributed by atoms with Crippen LogP contribution in [0.5, 0.6) is 11.5 Å². The molecule has 0 spiro atoms. The minimum atomic E-state index is -4.46. The molecule has 0 atom stereocenters. The Morgan fingerprint density at radius 3 is 2.39 bits per heavy atom. The van der Waals surface area contributed by atoms with E-state index in [4.69, 9.17) is 16.3 Å². The van der Waals surface area contributed by atoms with Gasteiger partial charge in [-0.3, -0.25) is 0 Å². The molecule has 0 aliphatic rings. The fourth-order valence-electron chi connectivity index (χ4n) is 1.34. The molecule has 94 valence electrons. The fourth-order valence-corrected chi connectivity index (χ4v) is 1.45.